The van der Waals surface area contributed by atoms with Gasteiger partial charge in [-0.2, -0.15) is 0 Å². The number of allylic oxidation sites excluding steroid dienone is 2. The van der Waals surface area contributed by atoms with E-state index in [2.05, 4.69) is 32.9 Å². The molecule has 2 heterocycles. The van der Waals surface area contributed by atoms with Crippen LogP contribution in [0.15, 0.2) is 12.2 Å². The molecule has 3 rings (SSSR count). The minimum atomic E-state index is -5.70. The van der Waals surface area contributed by atoms with E-state index >= 15 is 0 Å². The van der Waals surface area contributed by atoms with Crippen LogP contribution in [0.5, 0.6) is 0 Å². The van der Waals surface area contributed by atoms with Crippen molar-refractivity contribution in [1.29, 1.82) is 0 Å². The topological polar surface area (TPSA) is 374 Å². The van der Waals surface area contributed by atoms with Gasteiger partial charge < -0.3 is 89.1 Å². The van der Waals surface area contributed by atoms with Gasteiger partial charge in [0.25, 0.3) is 0 Å². The molecule has 2 aliphatic heterocycles. The summed E-state index contributed by atoms with van der Waals surface area (Å²) in [6.07, 6.45) is 16.8. The highest BCUT2D eigenvalue weighted by Gasteiger charge is 2.58. The van der Waals surface area contributed by atoms with E-state index < -0.39 is 156 Å². The summed E-state index contributed by atoms with van der Waals surface area (Å²) >= 11 is 0. The number of carbonyl (C=O) groups is 3. The first-order valence-electron chi connectivity index (χ1n) is 39.5. The zero-order valence-corrected chi connectivity index (χ0v) is 62.4. The van der Waals surface area contributed by atoms with Crippen LogP contribution < -0.4 is 0 Å². The van der Waals surface area contributed by atoms with Gasteiger partial charge in [-0.25, -0.2) is 4.57 Å². The Morgan fingerprint density at radius 1 is 0.380 bits per heavy atom. The van der Waals surface area contributed by atoms with Gasteiger partial charge in [0, 0.05) is 19.3 Å². The molecule has 0 aromatic heterocycles. The van der Waals surface area contributed by atoms with Crippen molar-refractivity contribution < 1.29 is 117 Å². The molecular formula is C75H139O24P. The van der Waals surface area contributed by atoms with E-state index in [1.54, 1.807) is 0 Å². The van der Waals surface area contributed by atoms with Crippen molar-refractivity contribution in [3.63, 3.8) is 0 Å². The molecule has 2 saturated heterocycles. The highest BCUT2D eigenvalue weighted by molar-refractivity contribution is 7.47. The standard InChI is InChI=1S/C75H139O24P/c1-4-7-10-13-16-19-22-25-28-30-33-36-39-42-45-48-51-61(79)94-56(53-91-59(77)49-46-43-40-37-34-31-27-24-21-18-15-12-9-6-3)54-93-100(89,90)99-73-71(97-74-69(87)64(82)62(80)57(52-76)95-74)67(85)66(84)68(86)72(73)98-75-70(88)65(83)63(81)58(96-75)55-92-60(78)50-47-44-41-38-35-32-29-26-23-20-17-14-11-8-5-2/h20,23,56-58,62-76,80-88H,4-19,21-22,24-55H2,1-3H3,(H,89,90)/b23-20-. The third kappa shape index (κ3) is 39.3. The average molecular weight is 1460 g/mol. The lowest BCUT2D eigenvalue weighted by molar-refractivity contribution is -0.360. The number of rotatable bonds is 62. The molecule has 0 spiro atoms. The third-order valence-corrected chi connectivity index (χ3v) is 20.5. The number of esters is 3. The molecule has 1 aliphatic carbocycles. The normalized spacial score (nSPS) is 27.3. The van der Waals surface area contributed by atoms with Crippen LogP contribution in [0.25, 0.3) is 0 Å². The summed E-state index contributed by atoms with van der Waals surface area (Å²) in [6.45, 7) is 3.47. The number of hydrogen-bond acceptors (Lipinski definition) is 23. The molecule has 18 atom stereocenters. The van der Waals surface area contributed by atoms with Gasteiger partial charge >= 0.3 is 25.7 Å². The molecule has 3 aliphatic rings. The van der Waals surface area contributed by atoms with Gasteiger partial charge in [-0.05, 0) is 44.9 Å². The van der Waals surface area contributed by atoms with Crippen molar-refractivity contribution in [2.45, 2.75) is 420 Å². The number of hydrogen-bond donors (Lipinski definition) is 11. The van der Waals surface area contributed by atoms with E-state index in [9.17, 15) is 74.9 Å². The van der Waals surface area contributed by atoms with Crippen LogP contribution in [-0.2, 0) is 61.2 Å². The van der Waals surface area contributed by atoms with Crippen molar-refractivity contribution in [2.75, 3.05) is 26.4 Å². The highest BCUT2D eigenvalue weighted by Crippen LogP contribution is 2.49. The summed E-state index contributed by atoms with van der Waals surface area (Å²) in [6, 6.07) is 0. The second kappa shape index (κ2) is 57.0. The van der Waals surface area contributed by atoms with E-state index in [0.29, 0.717) is 19.3 Å². The van der Waals surface area contributed by atoms with Crippen molar-refractivity contribution >= 4 is 25.7 Å². The molecule has 25 heteroatoms. The SMILES string of the molecule is CCCCCC/C=C\CCCCCCCCCC(=O)OCC1OC(OC2C(O)C(O)C(O)C(OC3OC(CO)C(O)C(O)C3O)C2OP(=O)(O)OCC(COC(=O)CCCCCCCCCCCCCCCC)OC(=O)CCCCCCCCCCCCCCCCCC)C(O)C(O)C1O. The van der Waals surface area contributed by atoms with Crippen LogP contribution in [0, 0.1) is 0 Å². The minimum Gasteiger partial charge on any atom is -0.463 e. The monoisotopic (exact) mass is 1450 g/mol. The fourth-order valence-electron chi connectivity index (χ4n) is 13.1. The second-order valence-corrected chi connectivity index (χ2v) is 29.8. The molecule has 0 aromatic carbocycles. The molecule has 24 nitrogen and oxygen atoms in total. The van der Waals surface area contributed by atoms with Crippen molar-refractivity contribution in [2.24, 2.45) is 0 Å². The van der Waals surface area contributed by atoms with E-state index in [1.807, 2.05) is 0 Å². The number of phosphoric acid groups is 1. The molecule has 588 valence electrons. The van der Waals surface area contributed by atoms with Crippen molar-refractivity contribution in [3.8, 4) is 0 Å². The number of aliphatic hydroxyl groups excluding tert-OH is 10. The summed E-state index contributed by atoms with van der Waals surface area (Å²) in [7, 11) is -5.70. The Labute approximate surface area is 599 Å². The number of unbranched alkanes of at least 4 members (excludes halogenated alkanes) is 39. The van der Waals surface area contributed by atoms with E-state index in [1.165, 1.54) is 148 Å². The molecule has 0 amide bonds. The minimum absolute atomic E-state index is 0.0249. The molecule has 0 radical (unpaired) electrons. The smallest absolute Gasteiger partial charge is 0.463 e. The second-order valence-electron chi connectivity index (χ2n) is 28.4. The zero-order valence-electron chi connectivity index (χ0n) is 61.5. The molecule has 0 bridgehead atoms. The van der Waals surface area contributed by atoms with Gasteiger partial charge in [0.2, 0.25) is 0 Å². The Kier molecular flexibility index (Phi) is 52.3. The van der Waals surface area contributed by atoms with Gasteiger partial charge in [-0.3, -0.25) is 23.4 Å². The molecule has 100 heavy (non-hydrogen) atoms. The van der Waals surface area contributed by atoms with Gasteiger partial charge in [-0.15, -0.1) is 0 Å². The van der Waals surface area contributed by atoms with Crippen LogP contribution in [0.4, 0.5) is 0 Å². The fraction of sp³-hybridized carbons (Fsp3) is 0.933. The van der Waals surface area contributed by atoms with Crippen LogP contribution in [0.3, 0.4) is 0 Å². The van der Waals surface area contributed by atoms with E-state index in [4.69, 9.17) is 42.2 Å². The summed E-state index contributed by atoms with van der Waals surface area (Å²) in [4.78, 5) is 51.1. The van der Waals surface area contributed by atoms with Gasteiger partial charge in [0.15, 0.2) is 18.7 Å². The lowest BCUT2D eigenvalue weighted by Gasteiger charge is -2.49. The number of ether oxygens (including phenoxy) is 7. The lowest BCUT2D eigenvalue weighted by Crippen LogP contribution is -2.69. The summed E-state index contributed by atoms with van der Waals surface area (Å²) in [5.41, 5.74) is 0. The first-order chi connectivity index (χ1) is 48.3. The van der Waals surface area contributed by atoms with Gasteiger partial charge in [-0.1, -0.05) is 264 Å². The summed E-state index contributed by atoms with van der Waals surface area (Å²) in [5, 5.41) is 110. The van der Waals surface area contributed by atoms with E-state index in [0.717, 1.165) is 109 Å². The first-order valence-corrected chi connectivity index (χ1v) is 41.0. The maximum atomic E-state index is 14.4. The Bertz CT molecular complexity index is 2110. The maximum Gasteiger partial charge on any atom is 0.472 e. The highest BCUT2D eigenvalue weighted by atomic mass is 31.2. The molecular weight excluding hydrogens is 1320 g/mol. The van der Waals surface area contributed by atoms with Crippen LogP contribution in [0.1, 0.15) is 316 Å². The van der Waals surface area contributed by atoms with Crippen molar-refractivity contribution in [1.82, 2.24) is 0 Å². The number of aliphatic hydroxyl groups is 10. The maximum absolute atomic E-state index is 14.4. The largest absolute Gasteiger partial charge is 0.472 e. The van der Waals surface area contributed by atoms with Gasteiger partial charge in [0.1, 0.15) is 98.7 Å². The summed E-state index contributed by atoms with van der Waals surface area (Å²) in [5.74, 6) is -1.98. The predicted octanol–water partition coefficient (Wildman–Crippen LogP) is 11.5. The predicted molar refractivity (Wildman–Crippen MR) is 379 cm³/mol. The lowest BCUT2D eigenvalue weighted by atomic mass is 9.84. The zero-order chi connectivity index (χ0) is 73.2. The molecule has 18 unspecified atom stereocenters. The van der Waals surface area contributed by atoms with Gasteiger partial charge in [0.05, 0.1) is 13.2 Å². The third-order valence-electron chi connectivity index (χ3n) is 19.5. The van der Waals surface area contributed by atoms with Crippen LogP contribution >= 0.6 is 7.82 Å². The average Bonchev–Trinajstić information content (AvgIpc) is 0.762. The Morgan fingerprint density at radius 3 is 1.09 bits per heavy atom. The molecule has 0 aromatic rings. The Morgan fingerprint density at radius 2 is 0.700 bits per heavy atom. The first kappa shape index (κ1) is 91.9. The molecule has 3 fully saturated rings. The molecule has 11 N–H and O–H groups in total. The fourth-order valence-corrected chi connectivity index (χ4v) is 14.1. The Hall–Kier alpha value is -2.30. The number of carbonyl (C=O) groups excluding carboxylic acids is 3. The molecule has 1 saturated carbocycles. The number of phosphoric ester groups is 1. The van der Waals surface area contributed by atoms with Crippen LogP contribution in [-0.4, -0.2) is 204 Å². The van der Waals surface area contributed by atoms with E-state index in [-0.39, 0.29) is 19.3 Å². The van der Waals surface area contributed by atoms with Crippen molar-refractivity contribution in [3.05, 3.63) is 12.2 Å². The van der Waals surface area contributed by atoms with Crippen LogP contribution in [0.2, 0.25) is 0 Å². The quantitative estimate of drug-likeness (QED) is 0.00886. The Balaban J connectivity index is 1.71. The summed E-state index contributed by atoms with van der Waals surface area (Å²) < 4.78 is 65.1.